The van der Waals surface area contributed by atoms with Crippen LogP contribution in [0.15, 0.2) is 47.3 Å². The molecule has 2 aromatic heterocycles. The summed E-state index contributed by atoms with van der Waals surface area (Å²) < 4.78 is 5.57. The molecule has 0 saturated carbocycles. The molecule has 3 aromatic rings. The van der Waals surface area contributed by atoms with E-state index in [4.69, 9.17) is 4.74 Å². The molecule has 1 aliphatic heterocycles. The number of rotatable bonds is 3. The molecule has 0 spiro atoms. The SMILES string of the molecule is O=C(NC1COc2ccccc2C1=O)c1cn[nH]c1-c1ccsc1. The lowest BCUT2D eigenvalue weighted by Gasteiger charge is -2.24. The molecule has 3 heterocycles. The number of hydrogen-bond acceptors (Lipinski definition) is 5. The number of amides is 1. The van der Waals surface area contributed by atoms with Gasteiger partial charge in [0.05, 0.1) is 23.0 Å². The van der Waals surface area contributed by atoms with Gasteiger partial charge in [-0.05, 0) is 23.6 Å². The van der Waals surface area contributed by atoms with Crippen LogP contribution in [-0.2, 0) is 0 Å². The van der Waals surface area contributed by atoms with Crippen molar-refractivity contribution in [1.29, 1.82) is 0 Å². The van der Waals surface area contributed by atoms with Crippen LogP contribution < -0.4 is 10.1 Å². The molecule has 1 unspecified atom stereocenters. The lowest BCUT2D eigenvalue weighted by atomic mass is 10.0. The second-order valence-corrected chi connectivity index (χ2v) is 6.15. The molecule has 0 bridgehead atoms. The summed E-state index contributed by atoms with van der Waals surface area (Å²) in [5, 5.41) is 13.4. The van der Waals surface area contributed by atoms with Gasteiger partial charge in [-0.3, -0.25) is 14.7 Å². The first-order chi connectivity index (χ1) is 11.7. The van der Waals surface area contributed by atoms with Crippen LogP contribution in [0.5, 0.6) is 5.75 Å². The number of aromatic nitrogens is 2. The Balaban J connectivity index is 1.56. The predicted molar refractivity (Wildman–Crippen MR) is 89.4 cm³/mol. The van der Waals surface area contributed by atoms with E-state index in [0.29, 0.717) is 22.6 Å². The Morgan fingerprint density at radius 2 is 2.21 bits per heavy atom. The number of thiophene rings is 1. The molecule has 1 atom stereocenters. The molecule has 24 heavy (non-hydrogen) atoms. The number of Topliss-reactive ketones (excluding diaryl/α,β-unsaturated/α-hetero) is 1. The molecule has 0 aliphatic carbocycles. The molecule has 1 amide bonds. The van der Waals surface area contributed by atoms with Crippen molar-refractivity contribution in [2.75, 3.05) is 6.61 Å². The van der Waals surface area contributed by atoms with E-state index in [0.717, 1.165) is 5.56 Å². The summed E-state index contributed by atoms with van der Waals surface area (Å²) in [4.78, 5) is 25.1. The predicted octanol–water partition coefficient (Wildman–Crippen LogP) is 2.51. The molecule has 7 heteroatoms. The molecule has 1 aromatic carbocycles. The maximum Gasteiger partial charge on any atom is 0.255 e. The first-order valence-corrected chi connectivity index (χ1v) is 8.31. The van der Waals surface area contributed by atoms with Crippen molar-refractivity contribution in [3.05, 3.63) is 58.4 Å². The second-order valence-electron chi connectivity index (χ2n) is 5.37. The van der Waals surface area contributed by atoms with E-state index in [1.165, 1.54) is 17.5 Å². The van der Waals surface area contributed by atoms with Gasteiger partial charge in [-0.25, -0.2) is 0 Å². The third kappa shape index (κ3) is 2.48. The first-order valence-electron chi connectivity index (χ1n) is 7.37. The van der Waals surface area contributed by atoms with Crippen LogP contribution in [0.2, 0.25) is 0 Å². The summed E-state index contributed by atoms with van der Waals surface area (Å²) in [7, 11) is 0. The lowest BCUT2D eigenvalue weighted by Crippen LogP contribution is -2.47. The van der Waals surface area contributed by atoms with Gasteiger partial charge in [0.2, 0.25) is 0 Å². The number of ether oxygens (including phenoxy) is 1. The van der Waals surface area contributed by atoms with Crippen LogP contribution in [0.3, 0.4) is 0 Å². The maximum absolute atomic E-state index is 12.6. The molecule has 120 valence electrons. The van der Waals surface area contributed by atoms with E-state index >= 15 is 0 Å². The number of hydrogen-bond donors (Lipinski definition) is 2. The number of ketones is 1. The Morgan fingerprint density at radius 1 is 1.33 bits per heavy atom. The minimum absolute atomic E-state index is 0.118. The molecular formula is C17H13N3O3S. The van der Waals surface area contributed by atoms with Crippen LogP contribution in [-0.4, -0.2) is 34.5 Å². The van der Waals surface area contributed by atoms with Crippen LogP contribution in [0.4, 0.5) is 0 Å². The molecule has 0 radical (unpaired) electrons. The van der Waals surface area contributed by atoms with Crippen molar-refractivity contribution >= 4 is 23.0 Å². The van der Waals surface area contributed by atoms with E-state index in [9.17, 15) is 9.59 Å². The number of benzene rings is 1. The van der Waals surface area contributed by atoms with Crippen LogP contribution in [0, 0.1) is 0 Å². The average Bonchev–Trinajstić information content (AvgIpc) is 3.28. The Kier molecular flexibility index (Phi) is 3.62. The summed E-state index contributed by atoms with van der Waals surface area (Å²) in [6.07, 6.45) is 1.46. The summed E-state index contributed by atoms with van der Waals surface area (Å²) in [5.74, 6) is 0.0485. The number of carbonyl (C=O) groups excluding carboxylic acids is 2. The number of carbonyl (C=O) groups is 2. The normalized spacial score (nSPS) is 16.3. The molecular weight excluding hydrogens is 326 g/mol. The summed E-state index contributed by atoms with van der Waals surface area (Å²) >= 11 is 1.53. The maximum atomic E-state index is 12.6. The molecule has 4 rings (SSSR count). The van der Waals surface area contributed by atoms with Crippen molar-refractivity contribution in [2.24, 2.45) is 0 Å². The summed E-state index contributed by atoms with van der Waals surface area (Å²) in [6, 6.07) is 8.22. The van der Waals surface area contributed by atoms with Crippen LogP contribution in [0.1, 0.15) is 20.7 Å². The van der Waals surface area contributed by atoms with E-state index in [1.807, 2.05) is 22.9 Å². The number of fused-ring (bicyclic) bond motifs is 1. The minimum atomic E-state index is -0.711. The molecule has 0 saturated heterocycles. The third-order valence-electron chi connectivity index (χ3n) is 3.87. The minimum Gasteiger partial charge on any atom is -0.490 e. The smallest absolute Gasteiger partial charge is 0.255 e. The average molecular weight is 339 g/mol. The number of nitrogens with one attached hydrogen (secondary N) is 2. The van der Waals surface area contributed by atoms with Gasteiger partial charge < -0.3 is 10.1 Å². The number of aromatic amines is 1. The number of nitrogens with zero attached hydrogens (tertiary/aromatic N) is 1. The van der Waals surface area contributed by atoms with Gasteiger partial charge in [-0.2, -0.15) is 16.4 Å². The number of para-hydroxylation sites is 1. The van der Waals surface area contributed by atoms with Crippen LogP contribution in [0.25, 0.3) is 11.3 Å². The summed E-state index contributed by atoms with van der Waals surface area (Å²) in [5.41, 5.74) is 2.41. The van der Waals surface area contributed by atoms with Crippen molar-refractivity contribution in [3.8, 4) is 17.0 Å². The zero-order chi connectivity index (χ0) is 16.5. The van der Waals surface area contributed by atoms with Crippen molar-refractivity contribution < 1.29 is 14.3 Å². The Labute approximate surface area is 141 Å². The molecule has 6 nitrogen and oxygen atoms in total. The van der Waals surface area contributed by atoms with Gasteiger partial charge in [-0.1, -0.05) is 12.1 Å². The fourth-order valence-electron chi connectivity index (χ4n) is 2.66. The topological polar surface area (TPSA) is 84.1 Å². The van der Waals surface area contributed by atoms with E-state index in [-0.39, 0.29) is 18.3 Å². The van der Waals surface area contributed by atoms with Crippen molar-refractivity contribution in [2.45, 2.75) is 6.04 Å². The van der Waals surface area contributed by atoms with E-state index in [1.54, 1.807) is 18.2 Å². The zero-order valence-corrected chi connectivity index (χ0v) is 13.3. The Hall–Kier alpha value is -2.93. The Bertz CT molecular complexity index is 901. The Morgan fingerprint density at radius 3 is 3.04 bits per heavy atom. The standard InChI is InChI=1S/C17H13N3O3S/c21-16-11-3-1-2-4-14(11)23-8-13(16)19-17(22)12-7-18-20-15(12)10-5-6-24-9-10/h1-7,9,13H,8H2,(H,18,20)(H,19,22). The highest BCUT2D eigenvalue weighted by Gasteiger charge is 2.30. The first kappa shape index (κ1) is 14.6. The highest BCUT2D eigenvalue weighted by atomic mass is 32.1. The van der Waals surface area contributed by atoms with Gasteiger partial charge in [-0.15, -0.1) is 0 Å². The molecule has 0 fully saturated rings. The molecule has 2 N–H and O–H groups in total. The van der Waals surface area contributed by atoms with Gasteiger partial charge in [0.15, 0.2) is 5.78 Å². The van der Waals surface area contributed by atoms with Gasteiger partial charge in [0.1, 0.15) is 18.4 Å². The zero-order valence-electron chi connectivity index (χ0n) is 12.5. The van der Waals surface area contributed by atoms with E-state index in [2.05, 4.69) is 15.5 Å². The largest absolute Gasteiger partial charge is 0.490 e. The quantitative estimate of drug-likeness (QED) is 0.768. The van der Waals surface area contributed by atoms with Crippen LogP contribution >= 0.6 is 11.3 Å². The monoisotopic (exact) mass is 339 g/mol. The van der Waals surface area contributed by atoms with Gasteiger partial charge in [0.25, 0.3) is 5.91 Å². The summed E-state index contributed by atoms with van der Waals surface area (Å²) in [6.45, 7) is 0.118. The second kappa shape index (κ2) is 5.93. The molecule has 1 aliphatic rings. The van der Waals surface area contributed by atoms with E-state index < -0.39 is 6.04 Å². The van der Waals surface area contributed by atoms with Gasteiger partial charge in [0, 0.05) is 10.9 Å². The van der Waals surface area contributed by atoms with Crippen molar-refractivity contribution in [3.63, 3.8) is 0 Å². The van der Waals surface area contributed by atoms with Crippen molar-refractivity contribution in [1.82, 2.24) is 15.5 Å². The highest BCUT2D eigenvalue weighted by Crippen LogP contribution is 2.26. The highest BCUT2D eigenvalue weighted by molar-refractivity contribution is 7.08. The lowest BCUT2D eigenvalue weighted by molar-refractivity contribution is 0.0795. The van der Waals surface area contributed by atoms with Gasteiger partial charge >= 0.3 is 0 Å². The number of H-pyrrole nitrogens is 1. The third-order valence-corrected chi connectivity index (χ3v) is 4.56. The fourth-order valence-corrected chi connectivity index (χ4v) is 3.31. The fraction of sp³-hybridized carbons (Fsp3) is 0.118.